The maximum atomic E-state index is 6.26. The highest BCUT2D eigenvalue weighted by Crippen LogP contribution is 2.39. The monoisotopic (exact) mass is 601 g/mol. The van der Waals surface area contributed by atoms with E-state index in [1.54, 1.807) is 0 Å². The van der Waals surface area contributed by atoms with Gasteiger partial charge in [-0.05, 0) is 70.8 Å². The van der Waals surface area contributed by atoms with Crippen LogP contribution in [0.3, 0.4) is 0 Å². The third-order valence-electron chi connectivity index (χ3n) is 8.73. The molecular formula is C43H27N3O. The van der Waals surface area contributed by atoms with Crippen molar-refractivity contribution in [2.45, 2.75) is 0 Å². The molecule has 0 saturated carbocycles. The van der Waals surface area contributed by atoms with Gasteiger partial charge in [0, 0.05) is 39.0 Å². The molecule has 0 radical (unpaired) electrons. The second-order valence-corrected chi connectivity index (χ2v) is 11.6. The summed E-state index contributed by atoms with van der Waals surface area (Å²) in [7, 11) is 0. The number of hydrogen-bond donors (Lipinski definition) is 0. The summed E-state index contributed by atoms with van der Waals surface area (Å²) in [5, 5.41) is 3.23. The molecule has 4 nitrogen and oxygen atoms in total. The van der Waals surface area contributed by atoms with Crippen LogP contribution < -0.4 is 0 Å². The Bertz CT molecular complexity index is 2570. The second-order valence-electron chi connectivity index (χ2n) is 11.6. The summed E-state index contributed by atoms with van der Waals surface area (Å²) < 4.78 is 6.26. The Morgan fingerprint density at radius 1 is 0.404 bits per heavy atom. The quantitative estimate of drug-likeness (QED) is 0.197. The van der Waals surface area contributed by atoms with E-state index in [4.69, 9.17) is 14.4 Å². The number of nitrogens with zero attached hydrogens (tertiary/aromatic N) is 3. The van der Waals surface area contributed by atoms with Crippen molar-refractivity contribution in [1.82, 2.24) is 15.0 Å². The molecular weight excluding hydrogens is 574 g/mol. The van der Waals surface area contributed by atoms with E-state index in [0.717, 1.165) is 83.2 Å². The number of rotatable bonds is 5. The van der Waals surface area contributed by atoms with Crippen LogP contribution in [0.2, 0.25) is 0 Å². The second kappa shape index (κ2) is 11.2. The molecule has 9 rings (SSSR count). The minimum Gasteiger partial charge on any atom is -0.456 e. The Balaban J connectivity index is 1.32. The van der Waals surface area contributed by atoms with Crippen molar-refractivity contribution in [3.8, 4) is 56.2 Å². The van der Waals surface area contributed by atoms with E-state index in [0.29, 0.717) is 5.82 Å². The molecule has 3 aromatic heterocycles. The van der Waals surface area contributed by atoms with Crippen LogP contribution in [0.25, 0.3) is 89.0 Å². The van der Waals surface area contributed by atoms with Crippen LogP contribution in [0.5, 0.6) is 0 Å². The molecule has 0 unspecified atom stereocenters. The van der Waals surface area contributed by atoms with Gasteiger partial charge in [0.2, 0.25) is 0 Å². The summed E-state index contributed by atoms with van der Waals surface area (Å²) in [5.74, 6) is 0.670. The number of pyridine rings is 1. The average Bonchev–Trinajstić information content (AvgIpc) is 3.54. The third kappa shape index (κ3) is 4.84. The van der Waals surface area contributed by atoms with Gasteiger partial charge >= 0.3 is 0 Å². The average molecular weight is 602 g/mol. The first-order valence-electron chi connectivity index (χ1n) is 15.7. The fourth-order valence-electron chi connectivity index (χ4n) is 6.52. The van der Waals surface area contributed by atoms with Gasteiger partial charge in [-0.3, -0.25) is 4.98 Å². The molecule has 0 aliphatic rings. The van der Waals surface area contributed by atoms with E-state index < -0.39 is 0 Å². The number of furan rings is 1. The molecule has 3 heterocycles. The molecule has 0 N–H and O–H groups in total. The fraction of sp³-hybridized carbons (Fsp3) is 0. The summed E-state index contributed by atoms with van der Waals surface area (Å²) in [6.07, 6.45) is 1.84. The van der Waals surface area contributed by atoms with Crippen LogP contribution in [0.15, 0.2) is 168 Å². The summed E-state index contributed by atoms with van der Waals surface area (Å²) in [6.45, 7) is 0. The Morgan fingerprint density at radius 3 is 1.94 bits per heavy atom. The zero-order chi connectivity index (χ0) is 31.2. The lowest BCUT2D eigenvalue weighted by Gasteiger charge is -2.14. The summed E-state index contributed by atoms with van der Waals surface area (Å²) in [6, 6.07) is 54.3. The van der Waals surface area contributed by atoms with Crippen molar-refractivity contribution in [2.24, 2.45) is 0 Å². The van der Waals surface area contributed by atoms with Gasteiger partial charge in [-0.2, -0.15) is 0 Å². The summed E-state index contributed by atoms with van der Waals surface area (Å²) >= 11 is 0. The molecule has 220 valence electrons. The van der Waals surface area contributed by atoms with Gasteiger partial charge < -0.3 is 4.42 Å². The SMILES string of the molecule is c1ccc(-c2cc(-c3cc(-c4cccc5oc6ccccc6c45)nc(-c4ccccc4)n3)cc(-c3cccc4ncccc34)c2)cc1. The highest BCUT2D eigenvalue weighted by atomic mass is 16.3. The van der Waals surface area contributed by atoms with Crippen LogP contribution in [0.1, 0.15) is 0 Å². The van der Waals surface area contributed by atoms with E-state index in [1.807, 2.05) is 66.9 Å². The minimum atomic E-state index is 0.670. The van der Waals surface area contributed by atoms with E-state index >= 15 is 0 Å². The van der Waals surface area contributed by atoms with E-state index in [-0.39, 0.29) is 0 Å². The Kier molecular flexibility index (Phi) is 6.43. The molecule has 0 amide bonds. The molecule has 0 aliphatic heterocycles. The number of fused-ring (bicyclic) bond motifs is 4. The number of para-hydroxylation sites is 1. The summed E-state index contributed by atoms with van der Waals surface area (Å²) in [5.41, 5.74) is 11.8. The zero-order valence-corrected chi connectivity index (χ0v) is 25.3. The van der Waals surface area contributed by atoms with Gasteiger partial charge in [0.25, 0.3) is 0 Å². The molecule has 0 saturated heterocycles. The number of benzene rings is 6. The van der Waals surface area contributed by atoms with Crippen molar-refractivity contribution in [3.63, 3.8) is 0 Å². The van der Waals surface area contributed by atoms with Gasteiger partial charge in [-0.25, -0.2) is 9.97 Å². The minimum absolute atomic E-state index is 0.670. The Labute approximate surface area is 271 Å². The van der Waals surface area contributed by atoms with Crippen LogP contribution in [-0.4, -0.2) is 15.0 Å². The highest BCUT2D eigenvalue weighted by molar-refractivity contribution is 6.12. The van der Waals surface area contributed by atoms with Crippen molar-refractivity contribution in [1.29, 1.82) is 0 Å². The number of aromatic nitrogens is 3. The molecule has 0 aliphatic carbocycles. The Hall–Kier alpha value is -6.39. The van der Waals surface area contributed by atoms with Gasteiger partial charge in [0.05, 0.1) is 16.9 Å². The first-order valence-corrected chi connectivity index (χ1v) is 15.7. The van der Waals surface area contributed by atoms with Crippen molar-refractivity contribution in [2.75, 3.05) is 0 Å². The molecule has 0 spiro atoms. The molecule has 6 aromatic carbocycles. The van der Waals surface area contributed by atoms with E-state index in [2.05, 4.69) is 102 Å². The molecule has 9 aromatic rings. The van der Waals surface area contributed by atoms with E-state index in [9.17, 15) is 0 Å². The van der Waals surface area contributed by atoms with Crippen LogP contribution in [0, 0.1) is 0 Å². The van der Waals surface area contributed by atoms with Gasteiger partial charge in [0.1, 0.15) is 11.2 Å². The maximum absolute atomic E-state index is 6.26. The van der Waals surface area contributed by atoms with Gasteiger partial charge in [0.15, 0.2) is 5.82 Å². The topological polar surface area (TPSA) is 51.8 Å². The third-order valence-corrected chi connectivity index (χ3v) is 8.73. The lowest BCUT2D eigenvalue weighted by molar-refractivity contribution is 0.669. The lowest BCUT2D eigenvalue weighted by Crippen LogP contribution is -1.97. The predicted molar refractivity (Wildman–Crippen MR) is 192 cm³/mol. The van der Waals surface area contributed by atoms with Crippen LogP contribution >= 0.6 is 0 Å². The predicted octanol–water partition coefficient (Wildman–Crippen LogP) is 11.3. The summed E-state index contributed by atoms with van der Waals surface area (Å²) in [4.78, 5) is 15.0. The standard InChI is InChI=1S/C43H27N3O/c1-3-12-28(13-4-1)30-24-31(33-17-9-20-37-34(33)19-11-23-44-37)26-32(25-30)38-27-39(46-43(45-38)29-14-5-2-6-15-29)35-18-10-22-41-42(35)36-16-7-8-21-40(36)47-41/h1-27H. The first kappa shape index (κ1) is 27.0. The first-order chi connectivity index (χ1) is 23.3. The fourth-order valence-corrected chi connectivity index (χ4v) is 6.52. The molecule has 0 bridgehead atoms. The van der Waals surface area contributed by atoms with Gasteiger partial charge in [-0.15, -0.1) is 0 Å². The molecule has 4 heteroatoms. The van der Waals surface area contributed by atoms with Crippen LogP contribution in [0.4, 0.5) is 0 Å². The van der Waals surface area contributed by atoms with Gasteiger partial charge in [-0.1, -0.05) is 109 Å². The highest BCUT2D eigenvalue weighted by Gasteiger charge is 2.18. The van der Waals surface area contributed by atoms with E-state index in [1.165, 1.54) is 0 Å². The maximum Gasteiger partial charge on any atom is 0.160 e. The van der Waals surface area contributed by atoms with Crippen molar-refractivity contribution < 1.29 is 4.42 Å². The largest absolute Gasteiger partial charge is 0.456 e. The van der Waals surface area contributed by atoms with Crippen molar-refractivity contribution in [3.05, 3.63) is 164 Å². The zero-order valence-electron chi connectivity index (χ0n) is 25.3. The smallest absolute Gasteiger partial charge is 0.160 e. The molecule has 47 heavy (non-hydrogen) atoms. The lowest BCUT2D eigenvalue weighted by atomic mass is 9.92. The molecule has 0 atom stereocenters. The normalized spacial score (nSPS) is 11.4. The number of hydrogen-bond acceptors (Lipinski definition) is 4. The van der Waals surface area contributed by atoms with Crippen LogP contribution in [-0.2, 0) is 0 Å². The molecule has 0 fully saturated rings. The Morgan fingerprint density at radius 2 is 1.06 bits per heavy atom. The van der Waals surface area contributed by atoms with Crippen molar-refractivity contribution >= 4 is 32.8 Å².